The molecule has 9 nitrogen and oxygen atoms in total. The third-order valence-electron chi connectivity index (χ3n) is 6.68. The molecule has 0 radical (unpaired) electrons. The van der Waals surface area contributed by atoms with Crippen LogP contribution in [0.2, 0.25) is 0 Å². The number of carbonyl (C=O) groups excluding carboxylic acids is 2. The minimum atomic E-state index is -1.71. The van der Waals surface area contributed by atoms with Crippen molar-refractivity contribution < 1.29 is 14.7 Å². The minimum absolute atomic E-state index is 0.106. The Morgan fingerprint density at radius 1 is 1.26 bits per heavy atom. The number of rotatable bonds is 10. The van der Waals surface area contributed by atoms with Crippen LogP contribution in [0.15, 0.2) is 48.8 Å². The van der Waals surface area contributed by atoms with Gasteiger partial charge in [-0.05, 0) is 49.1 Å². The highest BCUT2D eigenvalue weighted by molar-refractivity contribution is 6.03. The summed E-state index contributed by atoms with van der Waals surface area (Å²) in [4.78, 5) is 28.5. The molecule has 0 aliphatic heterocycles. The number of primary amides is 1. The number of hydrogen-bond donors (Lipinski definition) is 2. The van der Waals surface area contributed by atoms with Crippen LogP contribution in [0.3, 0.4) is 0 Å². The molecule has 4 aromatic rings. The summed E-state index contributed by atoms with van der Waals surface area (Å²) < 4.78 is 3.23. The van der Waals surface area contributed by atoms with Gasteiger partial charge in [0.25, 0.3) is 5.91 Å². The molecule has 3 N–H and O–H groups in total. The van der Waals surface area contributed by atoms with Crippen molar-refractivity contribution in [3.8, 4) is 28.8 Å². The molecule has 0 bridgehead atoms. The number of aromatic nitrogens is 5. The number of aliphatic hydroxyl groups is 1. The first-order valence-corrected chi connectivity index (χ1v) is 12.7. The van der Waals surface area contributed by atoms with Gasteiger partial charge in [-0.25, -0.2) is 9.67 Å². The summed E-state index contributed by atoms with van der Waals surface area (Å²) in [5.74, 6) is 5.63. The number of aldehydes is 1. The van der Waals surface area contributed by atoms with E-state index in [9.17, 15) is 14.7 Å². The number of aryl methyl sites for hydroxylation is 1. The van der Waals surface area contributed by atoms with Crippen LogP contribution >= 0.6 is 0 Å². The Balaban J connectivity index is 1.65. The molecule has 38 heavy (non-hydrogen) atoms. The van der Waals surface area contributed by atoms with Crippen LogP contribution in [0.1, 0.15) is 62.0 Å². The van der Waals surface area contributed by atoms with Crippen LogP contribution in [0.5, 0.6) is 0 Å². The summed E-state index contributed by atoms with van der Waals surface area (Å²) in [5.41, 5.74) is 7.13. The van der Waals surface area contributed by atoms with Crippen LogP contribution in [0, 0.1) is 17.8 Å². The lowest BCUT2D eigenvalue weighted by atomic mass is 9.95. The SMILES string of the molecule is CCC(C)CCCCC(O)(C#Cc1cccc(-n2nc(C(N)=O)c3ccc(-c4cnn(C)c4)nc32)c1)C=O. The topological polar surface area (TPSA) is 129 Å². The molecule has 1 amide bonds. The van der Waals surface area contributed by atoms with Gasteiger partial charge in [-0.1, -0.05) is 51.0 Å². The van der Waals surface area contributed by atoms with Gasteiger partial charge >= 0.3 is 0 Å². The van der Waals surface area contributed by atoms with Crippen LogP contribution in [0.25, 0.3) is 28.0 Å². The van der Waals surface area contributed by atoms with E-state index in [0.29, 0.717) is 46.6 Å². The summed E-state index contributed by atoms with van der Waals surface area (Å²) in [6.45, 7) is 4.35. The molecule has 3 aromatic heterocycles. The maximum atomic E-state index is 12.1. The van der Waals surface area contributed by atoms with Gasteiger partial charge in [-0.3, -0.25) is 14.3 Å². The molecule has 0 fully saturated rings. The molecule has 0 saturated heterocycles. The zero-order chi connectivity index (χ0) is 27.3. The van der Waals surface area contributed by atoms with Crippen molar-refractivity contribution in [2.24, 2.45) is 18.7 Å². The Kier molecular flexibility index (Phi) is 8.03. The lowest BCUT2D eigenvalue weighted by Gasteiger charge is -2.15. The Hall–Kier alpha value is -4.29. The Bertz CT molecular complexity index is 1530. The van der Waals surface area contributed by atoms with Gasteiger partial charge in [-0.15, -0.1) is 0 Å². The smallest absolute Gasteiger partial charge is 0.269 e. The van der Waals surface area contributed by atoms with E-state index < -0.39 is 11.5 Å². The van der Waals surface area contributed by atoms with Gasteiger partial charge in [0.15, 0.2) is 23.2 Å². The highest BCUT2D eigenvalue weighted by Gasteiger charge is 2.23. The van der Waals surface area contributed by atoms with Crippen molar-refractivity contribution in [1.29, 1.82) is 0 Å². The lowest BCUT2D eigenvalue weighted by molar-refractivity contribution is -0.119. The van der Waals surface area contributed by atoms with E-state index in [1.165, 1.54) is 0 Å². The molecule has 0 aliphatic carbocycles. The fraction of sp³-hybridized carbons (Fsp3) is 0.345. The van der Waals surface area contributed by atoms with Crippen molar-refractivity contribution in [3.05, 3.63) is 60.0 Å². The fourth-order valence-corrected chi connectivity index (χ4v) is 4.21. The number of pyridine rings is 1. The quantitative estimate of drug-likeness (QED) is 0.189. The van der Waals surface area contributed by atoms with E-state index in [0.717, 1.165) is 24.8 Å². The molecular formula is C29H32N6O3. The molecule has 196 valence electrons. The van der Waals surface area contributed by atoms with Gasteiger partial charge < -0.3 is 10.8 Å². The predicted octanol–water partition coefficient (Wildman–Crippen LogP) is 3.81. The van der Waals surface area contributed by atoms with Gasteiger partial charge in [0.05, 0.1) is 23.0 Å². The number of nitrogens with zero attached hydrogens (tertiary/aromatic N) is 5. The first kappa shape index (κ1) is 26.8. The van der Waals surface area contributed by atoms with Crippen LogP contribution in [-0.2, 0) is 11.8 Å². The highest BCUT2D eigenvalue weighted by Crippen LogP contribution is 2.25. The average molecular weight is 513 g/mol. The first-order chi connectivity index (χ1) is 18.2. The van der Waals surface area contributed by atoms with Crippen LogP contribution < -0.4 is 5.73 Å². The first-order valence-electron chi connectivity index (χ1n) is 12.7. The van der Waals surface area contributed by atoms with Gasteiger partial charge in [-0.2, -0.15) is 10.2 Å². The normalized spacial score (nSPS) is 13.5. The highest BCUT2D eigenvalue weighted by atomic mass is 16.3. The third kappa shape index (κ3) is 5.98. The maximum absolute atomic E-state index is 12.1. The molecular weight excluding hydrogens is 480 g/mol. The zero-order valence-corrected chi connectivity index (χ0v) is 21.9. The summed E-state index contributed by atoms with van der Waals surface area (Å²) in [6.07, 6.45) is 8.17. The number of unbranched alkanes of at least 4 members (excludes halogenated alkanes) is 1. The van der Waals surface area contributed by atoms with Gasteiger partial charge in [0.2, 0.25) is 0 Å². The second kappa shape index (κ2) is 11.4. The van der Waals surface area contributed by atoms with E-state index in [4.69, 9.17) is 10.7 Å². The van der Waals surface area contributed by atoms with Crippen molar-refractivity contribution in [2.75, 3.05) is 0 Å². The number of amides is 1. The predicted molar refractivity (Wildman–Crippen MR) is 145 cm³/mol. The van der Waals surface area contributed by atoms with Crippen LogP contribution in [-0.4, -0.2) is 47.4 Å². The second-order valence-electron chi connectivity index (χ2n) is 9.70. The maximum Gasteiger partial charge on any atom is 0.269 e. The monoisotopic (exact) mass is 512 g/mol. The minimum Gasteiger partial charge on any atom is -0.371 e. The number of fused-ring (bicyclic) bond motifs is 1. The van der Waals surface area contributed by atoms with E-state index in [-0.39, 0.29) is 12.1 Å². The fourth-order valence-electron chi connectivity index (χ4n) is 4.21. The molecule has 1 aromatic carbocycles. The molecule has 2 atom stereocenters. The number of carbonyl (C=O) groups is 2. The summed E-state index contributed by atoms with van der Waals surface area (Å²) in [6, 6.07) is 10.7. The molecule has 0 spiro atoms. The summed E-state index contributed by atoms with van der Waals surface area (Å²) >= 11 is 0. The standard InChI is InChI=1S/C29H32N6O3/c1-4-20(2)8-5-6-14-29(38,19-36)15-13-21-9-7-10-23(16-21)35-28-24(26(33-35)27(30)37)11-12-25(32-28)22-17-31-34(3)18-22/h7,9-12,16-20,38H,4-6,8,14H2,1-3H3,(H2,30,37). The van der Waals surface area contributed by atoms with E-state index in [1.54, 1.807) is 45.9 Å². The average Bonchev–Trinajstić information content (AvgIpc) is 3.53. The lowest BCUT2D eigenvalue weighted by Crippen LogP contribution is -2.28. The van der Waals surface area contributed by atoms with Crippen molar-refractivity contribution in [3.63, 3.8) is 0 Å². The molecule has 0 saturated carbocycles. The van der Waals surface area contributed by atoms with E-state index in [1.807, 2.05) is 19.3 Å². The van der Waals surface area contributed by atoms with Crippen molar-refractivity contribution in [2.45, 2.75) is 51.6 Å². The Morgan fingerprint density at radius 2 is 2.08 bits per heavy atom. The summed E-state index contributed by atoms with van der Waals surface area (Å²) in [7, 11) is 1.82. The zero-order valence-electron chi connectivity index (χ0n) is 21.9. The Morgan fingerprint density at radius 3 is 2.76 bits per heavy atom. The van der Waals surface area contributed by atoms with Gasteiger partial charge in [0, 0.05) is 24.4 Å². The number of hydrogen-bond acceptors (Lipinski definition) is 6. The van der Waals surface area contributed by atoms with E-state index >= 15 is 0 Å². The molecule has 2 unspecified atom stereocenters. The molecule has 4 rings (SSSR count). The largest absolute Gasteiger partial charge is 0.371 e. The Labute approximate surface area is 221 Å². The summed E-state index contributed by atoms with van der Waals surface area (Å²) in [5, 5.41) is 19.9. The molecule has 3 heterocycles. The van der Waals surface area contributed by atoms with Crippen molar-refractivity contribution in [1.82, 2.24) is 24.5 Å². The molecule has 9 heteroatoms. The van der Waals surface area contributed by atoms with Crippen LogP contribution in [0.4, 0.5) is 0 Å². The molecule has 0 aliphatic rings. The van der Waals surface area contributed by atoms with Crippen molar-refractivity contribution >= 4 is 23.2 Å². The number of nitrogens with two attached hydrogens (primary N) is 1. The van der Waals surface area contributed by atoms with E-state index in [2.05, 4.69) is 35.9 Å². The second-order valence-corrected chi connectivity index (χ2v) is 9.70. The third-order valence-corrected chi connectivity index (χ3v) is 6.68. The number of benzene rings is 1. The van der Waals surface area contributed by atoms with Gasteiger partial charge in [0.1, 0.15) is 0 Å².